The summed E-state index contributed by atoms with van der Waals surface area (Å²) in [6.45, 7) is 2.58. The van der Waals surface area contributed by atoms with Gasteiger partial charge in [0.25, 0.3) is 0 Å². The number of thioether (sulfide) groups is 1. The third-order valence-electron chi connectivity index (χ3n) is 4.12. The van der Waals surface area contributed by atoms with Gasteiger partial charge in [-0.2, -0.15) is 0 Å². The van der Waals surface area contributed by atoms with Gasteiger partial charge in [-0.3, -0.25) is 0 Å². The number of amides is 2. The Bertz CT molecular complexity index is 499. The zero-order valence-corrected chi connectivity index (χ0v) is 13.6. The molecule has 21 heavy (non-hydrogen) atoms. The molecule has 0 heterocycles. The summed E-state index contributed by atoms with van der Waals surface area (Å²) < 4.78 is 0. The molecule has 3 N–H and O–H groups in total. The third-order valence-corrected chi connectivity index (χ3v) is 4.94. The Morgan fingerprint density at radius 3 is 2.71 bits per heavy atom. The predicted molar refractivity (Wildman–Crippen MR) is 86.6 cm³/mol. The lowest BCUT2D eigenvalue weighted by Crippen LogP contribution is -2.52. The van der Waals surface area contributed by atoms with Crippen molar-refractivity contribution >= 4 is 17.8 Å². The molecule has 0 saturated heterocycles. The molecule has 0 radical (unpaired) electrons. The van der Waals surface area contributed by atoms with Crippen molar-refractivity contribution < 1.29 is 9.90 Å². The van der Waals surface area contributed by atoms with Gasteiger partial charge in [-0.1, -0.05) is 25.0 Å². The van der Waals surface area contributed by atoms with Crippen molar-refractivity contribution in [1.29, 1.82) is 0 Å². The quantitative estimate of drug-likeness (QED) is 0.733. The molecule has 5 heteroatoms. The lowest BCUT2D eigenvalue weighted by Gasteiger charge is -2.28. The van der Waals surface area contributed by atoms with E-state index in [1.165, 1.54) is 10.5 Å². The Morgan fingerprint density at radius 2 is 2.10 bits per heavy atom. The second-order valence-electron chi connectivity index (χ2n) is 5.77. The first kappa shape index (κ1) is 16.2. The molecule has 0 spiro atoms. The zero-order chi connectivity index (χ0) is 15.3. The smallest absolute Gasteiger partial charge is 0.315 e. The van der Waals surface area contributed by atoms with Gasteiger partial charge in [0.1, 0.15) is 0 Å². The van der Waals surface area contributed by atoms with Crippen LogP contribution in [0.15, 0.2) is 23.1 Å². The van der Waals surface area contributed by atoms with Gasteiger partial charge < -0.3 is 15.7 Å². The van der Waals surface area contributed by atoms with Gasteiger partial charge in [-0.15, -0.1) is 11.8 Å². The van der Waals surface area contributed by atoms with E-state index in [9.17, 15) is 9.90 Å². The fraction of sp³-hybridized carbons (Fsp3) is 0.562. The van der Waals surface area contributed by atoms with Gasteiger partial charge in [0.05, 0.1) is 12.1 Å². The number of hydrogen-bond acceptors (Lipinski definition) is 3. The first-order valence-electron chi connectivity index (χ1n) is 7.39. The minimum Gasteiger partial charge on any atom is -0.394 e. The van der Waals surface area contributed by atoms with E-state index < -0.39 is 5.54 Å². The van der Waals surface area contributed by atoms with Crippen LogP contribution < -0.4 is 10.6 Å². The number of benzene rings is 1. The molecule has 2 rings (SSSR count). The average molecular weight is 308 g/mol. The van der Waals surface area contributed by atoms with Crippen molar-refractivity contribution in [3.63, 3.8) is 0 Å². The first-order chi connectivity index (χ1) is 10.1. The summed E-state index contributed by atoms with van der Waals surface area (Å²) >= 11 is 1.69. The zero-order valence-electron chi connectivity index (χ0n) is 12.7. The van der Waals surface area contributed by atoms with Crippen LogP contribution in [0.2, 0.25) is 0 Å². The Hall–Kier alpha value is -1.20. The SMILES string of the molecule is CSc1cc(C)ccc1CNC(=O)NC1(CO)CCCC1. The van der Waals surface area contributed by atoms with Crippen LogP contribution in [-0.4, -0.2) is 29.5 Å². The molecule has 0 atom stereocenters. The molecule has 116 valence electrons. The fourth-order valence-corrected chi connectivity index (χ4v) is 3.54. The minimum absolute atomic E-state index is 0.0149. The van der Waals surface area contributed by atoms with E-state index in [1.807, 2.05) is 6.26 Å². The number of rotatable bonds is 5. The first-order valence-corrected chi connectivity index (χ1v) is 8.61. The number of aryl methyl sites for hydroxylation is 1. The van der Waals surface area contributed by atoms with Crippen molar-refractivity contribution in [2.24, 2.45) is 0 Å². The summed E-state index contributed by atoms with van der Waals surface area (Å²) in [6, 6.07) is 6.05. The maximum Gasteiger partial charge on any atom is 0.315 e. The topological polar surface area (TPSA) is 61.4 Å². The van der Waals surface area contributed by atoms with Gasteiger partial charge in [0.15, 0.2) is 0 Å². The number of aliphatic hydroxyl groups is 1. The van der Waals surface area contributed by atoms with Crippen molar-refractivity contribution in [1.82, 2.24) is 10.6 Å². The summed E-state index contributed by atoms with van der Waals surface area (Å²) in [6.07, 6.45) is 5.89. The van der Waals surface area contributed by atoms with Crippen LogP contribution in [0, 0.1) is 6.92 Å². The van der Waals surface area contributed by atoms with Crippen LogP contribution in [0.5, 0.6) is 0 Å². The maximum absolute atomic E-state index is 12.1. The van der Waals surface area contributed by atoms with Crippen LogP contribution in [0.25, 0.3) is 0 Å². The molecular formula is C16H24N2O2S. The maximum atomic E-state index is 12.1. The van der Waals surface area contributed by atoms with Crippen molar-refractivity contribution in [2.45, 2.75) is 49.6 Å². The monoisotopic (exact) mass is 308 g/mol. The minimum atomic E-state index is -0.417. The molecular weight excluding hydrogens is 284 g/mol. The standard InChI is InChI=1S/C16H24N2O2S/c1-12-5-6-13(14(9-12)21-2)10-17-15(20)18-16(11-19)7-3-4-8-16/h5-6,9,19H,3-4,7-8,10-11H2,1-2H3,(H2,17,18,20). The highest BCUT2D eigenvalue weighted by Crippen LogP contribution is 2.29. The van der Waals surface area contributed by atoms with Gasteiger partial charge in [0, 0.05) is 11.4 Å². The summed E-state index contributed by atoms with van der Waals surface area (Å²) in [7, 11) is 0. The molecule has 1 aliphatic rings. The van der Waals surface area contributed by atoms with Gasteiger partial charge in [-0.05, 0) is 43.2 Å². The average Bonchev–Trinajstić information content (AvgIpc) is 2.94. The third kappa shape index (κ3) is 4.14. The Balaban J connectivity index is 1.92. The second kappa shape index (κ2) is 7.18. The highest BCUT2D eigenvalue weighted by atomic mass is 32.2. The predicted octanol–water partition coefficient (Wildman–Crippen LogP) is 2.82. The van der Waals surface area contributed by atoms with Crippen molar-refractivity contribution in [3.8, 4) is 0 Å². The van der Waals surface area contributed by atoms with Crippen LogP contribution >= 0.6 is 11.8 Å². The van der Waals surface area contributed by atoms with E-state index in [-0.39, 0.29) is 12.6 Å². The summed E-state index contributed by atoms with van der Waals surface area (Å²) in [5.74, 6) is 0. The number of carbonyl (C=O) groups excluding carboxylic acids is 1. The molecule has 0 aliphatic heterocycles. The molecule has 0 unspecified atom stereocenters. The normalized spacial score (nSPS) is 16.7. The summed E-state index contributed by atoms with van der Waals surface area (Å²) in [5.41, 5.74) is 1.92. The van der Waals surface area contributed by atoms with E-state index in [2.05, 4.69) is 35.8 Å². The van der Waals surface area contributed by atoms with E-state index >= 15 is 0 Å². The van der Waals surface area contributed by atoms with E-state index in [1.54, 1.807) is 11.8 Å². The number of aliphatic hydroxyl groups excluding tert-OH is 1. The van der Waals surface area contributed by atoms with E-state index in [0.717, 1.165) is 31.2 Å². The fourth-order valence-electron chi connectivity index (χ4n) is 2.83. The number of urea groups is 1. The van der Waals surface area contributed by atoms with Crippen LogP contribution in [0.3, 0.4) is 0 Å². The molecule has 1 aliphatic carbocycles. The number of nitrogens with one attached hydrogen (secondary N) is 2. The van der Waals surface area contributed by atoms with Gasteiger partial charge >= 0.3 is 6.03 Å². The molecule has 1 aromatic carbocycles. The van der Waals surface area contributed by atoms with Gasteiger partial charge in [0.2, 0.25) is 0 Å². The molecule has 1 saturated carbocycles. The molecule has 2 amide bonds. The molecule has 0 bridgehead atoms. The van der Waals surface area contributed by atoms with Crippen LogP contribution in [0.4, 0.5) is 4.79 Å². The summed E-state index contributed by atoms with van der Waals surface area (Å²) in [5, 5.41) is 15.4. The largest absolute Gasteiger partial charge is 0.394 e. The highest BCUT2D eigenvalue weighted by molar-refractivity contribution is 7.98. The van der Waals surface area contributed by atoms with Crippen molar-refractivity contribution in [2.75, 3.05) is 12.9 Å². The molecule has 1 fully saturated rings. The Morgan fingerprint density at radius 1 is 1.38 bits per heavy atom. The molecule has 1 aromatic rings. The lowest BCUT2D eigenvalue weighted by molar-refractivity contribution is 0.162. The van der Waals surface area contributed by atoms with Crippen LogP contribution in [0.1, 0.15) is 36.8 Å². The summed E-state index contributed by atoms with van der Waals surface area (Å²) in [4.78, 5) is 13.3. The lowest BCUT2D eigenvalue weighted by atomic mass is 9.99. The number of hydrogen-bond donors (Lipinski definition) is 3. The molecule has 0 aromatic heterocycles. The Labute approximate surface area is 130 Å². The van der Waals surface area contributed by atoms with E-state index in [0.29, 0.717) is 6.54 Å². The Kier molecular flexibility index (Phi) is 5.53. The van der Waals surface area contributed by atoms with Gasteiger partial charge in [-0.25, -0.2) is 4.79 Å². The number of carbonyl (C=O) groups is 1. The highest BCUT2D eigenvalue weighted by Gasteiger charge is 2.34. The molecule has 4 nitrogen and oxygen atoms in total. The van der Waals surface area contributed by atoms with Crippen LogP contribution in [-0.2, 0) is 6.54 Å². The second-order valence-corrected chi connectivity index (χ2v) is 6.62. The van der Waals surface area contributed by atoms with E-state index in [4.69, 9.17) is 0 Å². The van der Waals surface area contributed by atoms with Crippen molar-refractivity contribution in [3.05, 3.63) is 29.3 Å².